The zero-order valence-electron chi connectivity index (χ0n) is 12.4. The Labute approximate surface area is 127 Å². The summed E-state index contributed by atoms with van der Waals surface area (Å²) in [7, 11) is 0. The lowest BCUT2D eigenvalue weighted by atomic mass is 9.92. The van der Waals surface area contributed by atoms with Gasteiger partial charge in [-0.1, -0.05) is 91.9 Å². The summed E-state index contributed by atoms with van der Waals surface area (Å²) in [5, 5.41) is 0. The first-order chi connectivity index (χ1) is 10.3. The van der Waals surface area contributed by atoms with Crippen molar-refractivity contribution in [3.63, 3.8) is 0 Å². The van der Waals surface area contributed by atoms with Crippen LogP contribution in [0.2, 0.25) is 0 Å². The first-order valence-corrected chi connectivity index (χ1v) is 7.50. The van der Waals surface area contributed by atoms with Gasteiger partial charge in [0.2, 0.25) is 0 Å². The Balaban J connectivity index is 1.75. The molecule has 0 aromatic heterocycles. The molecule has 0 spiro atoms. The average molecular weight is 272 g/mol. The van der Waals surface area contributed by atoms with E-state index in [1.807, 2.05) is 0 Å². The second kappa shape index (κ2) is 6.41. The summed E-state index contributed by atoms with van der Waals surface area (Å²) >= 11 is 0. The Bertz CT molecular complexity index is 666. The molecule has 1 unspecified atom stereocenters. The molecule has 0 aliphatic heterocycles. The minimum Gasteiger partial charge on any atom is -0.0622 e. The van der Waals surface area contributed by atoms with Crippen molar-refractivity contribution in [3.05, 3.63) is 107 Å². The van der Waals surface area contributed by atoms with Gasteiger partial charge in [0.25, 0.3) is 0 Å². The summed E-state index contributed by atoms with van der Waals surface area (Å²) in [6.45, 7) is 2.27. The van der Waals surface area contributed by atoms with Gasteiger partial charge in [0.15, 0.2) is 0 Å². The van der Waals surface area contributed by atoms with Crippen molar-refractivity contribution in [1.82, 2.24) is 0 Å². The van der Waals surface area contributed by atoms with Crippen LogP contribution in [0.1, 0.15) is 35.1 Å². The van der Waals surface area contributed by atoms with Crippen molar-refractivity contribution in [1.29, 1.82) is 0 Å². The van der Waals surface area contributed by atoms with E-state index in [9.17, 15) is 0 Å². The highest BCUT2D eigenvalue weighted by molar-refractivity contribution is 5.35. The fourth-order valence-electron chi connectivity index (χ4n) is 2.69. The van der Waals surface area contributed by atoms with Crippen LogP contribution in [-0.2, 0) is 6.42 Å². The Morgan fingerprint density at radius 2 is 1.05 bits per heavy atom. The van der Waals surface area contributed by atoms with Crippen molar-refractivity contribution in [3.8, 4) is 0 Å². The molecule has 0 saturated carbocycles. The standard InChI is InChI=1S/C21H20/c1-17(20-10-6-3-7-11-20)21-14-12-19(13-15-21)16-18-8-4-2-5-9-18/h2-15,17H,16H2,1H3. The summed E-state index contributed by atoms with van der Waals surface area (Å²) in [5.41, 5.74) is 5.47. The summed E-state index contributed by atoms with van der Waals surface area (Å²) < 4.78 is 0. The Kier molecular flexibility index (Phi) is 4.16. The van der Waals surface area contributed by atoms with Gasteiger partial charge in [0.1, 0.15) is 0 Å². The zero-order chi connectivity index (χ0) is 14.5. The van der Waals surface area contributed by atoms with Crippen LogP contribution in [0.4, 0.5) is 0 Å². The molecular formula is C21H20. The second-order valence-electron chi connectivity index (χ2n) is 5.54. The molecule has 0 heteroatoms. The molecule has 3 aromatic carbocycles. The summed E-state index contributed by atoms with van der Waals surface area (Å²) in [6, 6.07) is 30.3. The van der Waals surface area contributed by atoms with E-state index in [2.05, 4.69) is 91.9 Å². The molecule has 0 heterocycles. The van der Waals surface area contributed by atoms with E-state index < -0.39 is 0 Å². The van der Waals surface area contributed by atoms with E-state index in [1.165, 1.54) is 22.3 Å². The molecule has 0 aliphatic rings. The van der Waals surface area contributed by atoms with Crippen LogP contribution >= 0.6 is 0 Å². The Morgan fingerprint density at radius 3 is 1.67 bits per heavy atom. The maximum absolute atomic E-state index is 2.27. The van der Waals surface area contributed by atoms with Crippen molar-refractivity contribution in [2.75, 3.05) is 0 Å². The second-order valence-corrected chi connectivity index (χ2v) is 5.54. The molecule has 0 saturated heterocycles. The highest BCUT2D eigenvalue weighted by Crippen LogP contribution is 2.24. The predicted octanol–water partition coefficient (Wildman–Crippen LogP) is 5.43. The maximum atomic E-state index is 2.27. The molecule has 0 amide bonds. The molecule has 0 aliphatic carbocycles. The van der Waals surface area contributed by atoms with E-state index in [0.717, 1.165) is 6.42 Å². The summed E-state index contributed by atoms with van der Waals surface area (Å²) in [6.07, 6.45) is 1.00. The van der Waals surface area contributed by atoms with Crippen LogP contribution in [0.3, 0.4) is 0 Å². The van der Waals surface area contributed by atoms with Gasteiger partial charge in [-0.25, -0.2) is 0 Å². The minimum atomic E-state index is 0.442. The third-order valence-electron chi connectivity index (χ3n) is 4.03. The van der Waals surface area contributed by atoms with E-state index >= 15 is 0 Å². The topological polar surface area (TPSA) is 0 Å². The van der Waals surface area contributed by atoms with Crippen LogP contribution in [0.5, 0.6) is 0 Å². The largest absolute Gasteiger partial charge is 0.0622 e. The molecule has 1 atom stereocenters. The van der Waals surface area contributed by atoms with Gasteiger partial charge >= 0.3 is 0 Å². The van der Waals surface area contributed by atoms with Gasteiger partial charge in [0.05, 0.1) is 0 Å². The lowest BCUT2D eigenvalue weighted by Crippen LogP contribution is -1.96. The van der Waals surface area contributed by atoms with Crippen LogP contribution in [-0.4, -0.2) is 0 Å². The maximum Gasteiger partial charge on any atom is 0.00610 e. The number of rotatable bonds is 4. The highest BCUT2D eigenvalue weighted by atomic mass is 14.1. The monoisotopic (exact) mass is 272 g/mol. The van der Waals surface area contributed by atoms with Gasteiger partial charge in [-0.05, 0) is 28.7 Å². The van der Waals surface area contributed by atoms with E-state index in [-0.39, 0.29) is 0 Å². The predicted molar refractivity (Wildman–Crippen MR) is 89.6 cm³/mol. The molecule has 0 fully saturated rings. The van der Waals surface area contributed by atoms with Crippen LogP contribution < -0.4 is 0 Å². The van der Waals surface area contributed by atoms with Crippen molar-refractivity contribution < 1.29 is 0 Å². The van der Waals surface area contributed by atoms with Crippen molar-refractivity contribution in [2.24, 2.45) is 0 Å². The molecule has 3 rings (SSSR count). The quantitative estimate of drug-likeness (QED) is 0.594. The van der Waals surface area contributed by atoms with Crippen LogP contribution in [0.15, 0.2) is 84.9 Å². The highest BCUT2D eigenvalue weighted by Gasteiger charge is 2.07. The van der Waals surface area contributed by atoms with E-state index in [0.29, 0.717) is 5.92 Å². The Hall–Kier alpha value is -2.34. The van der Waals surface area contributed by atoms with Gasteiger partial charge in [0, 0.05) is 5.92 Å². The molecule has 0 nitrogen and oxygen atoms in total. The SMILES string of the molecule is CC(c1ccccc1)c1ccc(Cc2ccccc2)cc1. The molecule has 21 heavy (non-hydrogen) atoms. The fourth-order valence-corrected chi connectivity index (χ4v) is 2.69. The third-order valence-corrected chi connectivity index (χ3v) is 4.03. The van der Waals surface area contributed by atoms with Gasteiger partial charge < -0.3 is 0 Å². The smallest absolute Gasteiger partial charge is 0.00610 e. The number of benzene rings is 3. The first kappa shape index (κ1) is 13.6. The van der Waals surface area contributed by atoms with Crippen molar-refractivity contribution >= 4 is 0 Å². The lowest BCUT2D eigenvalue weighted by molar-refractivity contribution is 0.920. The summed E-state index contributed by atoms with van der Waals surface area (Å²) in [5.74, 6) is 0.442. The molecular weight excluding hydrogens is 252 g/mol. The fraction of sp³-hybridized carbons (Fsp3) is 0.143. The zero-order valence-corrected chi connectivity index (χ0v) is 12.4. The van der Waals surface area contributed by atoms with Gasteiger partial charge in [-0.15, -0.1) is 0 Å². The van der Waals surface area contributed by atoms with Crippen molar-refractivity contribution in [2.45, 2.75) is 19.3 Å². The first-order valence-electron chi connectivity index (χ1n) is 7.50. The average Bonchev–Trinajstić information content (AvgIpc) is 2.57. The van der Waals surface area contributed by atoms with Gasteiger partial charge in [-0.2, -0.15) is 0 Å². The number of hydrogen-bond donors (Lipinski definition) is 0. The van der Waals surface area contributed by atoms with Gasteiger partial charge in [-0.3, -0.25) is 0 Å². The number of hydrogen-bond acceptors (Lipinski definition) is 0. The molecule has 0 radical (unpaired) electrons. The summed E-state index contributed by atoms with van der Waals surface area (Å²) in [4.78, 5) is 0. The Morgan fingerprint density at radius 1 is 0.571 bits per heavy atom. The molecule has 104 valence electrons. The van der Waals surface area contributed by atoms with E-state index in [4.69, 9.17) is 0 Å². The lowest BCUT2D eigenvalue weighted by Gasteiger charge is -2.13. The minimum absolute atomic E-state index is 0.442. The normalized spacial score (nSPS) is 12.0. The van der Waals surface area contributed by atoms with E-state index in [1.54, 1.807) is 0 Å². The molecule has 0 bridgehead atoms. The van der Waals surface area contributed by atoms with Crippen LogP contribution in [0.25, 0.3) is 0 Å². The van der Waals surface area contributed by atoms with Crippen LogP contribution in [0, 0.1) is 0 Å². The molecule has 0 N–H and O–H groups in total. The third kappa shape index (κ3) is 3.41. The molecule has 3 aromatic rings.